The second kappa shape index (κ2) is 5.30. The fraction of sp³-hybridized carbons (Fsp3) is 0.818. The maximum absolute atomic E-state index is 11.3. The molecule has 0 aromatic carbocycles. The number of hydrogen-bond donors (Lipinski definition) is 3. The molecule has 1 rings (SSSR count). The molecule has 1 aliphatic rings. The van der Waals surface area contributed by atoms with E-state index in [2.05, 4.69) is 5.32 Å². The van der Waals surface area contributed by atoms with Crippen molar-refractivity contribution in [3.8, 4) is 0 Å². The molecule has 1 unspecified atom stereocenters. The van der Waals surface area contributed by atoms with Crippen LogP contribution in [0.25, 0.3) is 0 Å². The molecule has 4 N–H and O–H groups in total. The van der Waals surface area contributed by atoms with E-state index in [9.17, 15) is 14.7 Å². The highest BCUT2D eigenvalue weighted by Gasteiger charge is 2.39. The lowest BCUT2D eigenvalue weighted by molar-refractivity contribution is -0.151. The van der Waals surface area contributed by atoms with E-state index in [1.165, 1.54) is 0 Å². The largest absolute Gasteiger partial charge is 0.481 e. The third-order valence-corrected chi connectivity index (χ3v) is 3.28. The topological polar surface area (TPSA) is 92.4 Å². The summed E-state index contributed by atoms with van der Waals surface area (Å²) in [4.78, 5) is 22.6. The zero-order valence-electron chi connectivity index (χ0n) is 9.66. The van der Waals surface area contributed by atoms with E-state index in [0.717, 1.165) is 19.3 Å². The molecule has 1 amide bonds. The molecule has 0 aromatic rings. The minimum atomic E-state index is -0.808. The lowest BCUT2D eigenvalue weighted by Crippen LogP contribution is -2.48. The Bertz CT molecular complexity index is 270. The average molecular weight is 228 g/mol. The van der Waals surface area contributed by atoms with Gasteiger partial charge in [0.15, 0.2) is 0 Å². The Balaban J connectivity index is 2.58. The van der Waals surface area contributed by atoms with Crippen LogP contribution in [0.15, 0.2) is 0 Å². The summed E-state index contributed by atoms with van der Waals surface area (Å²) >= 11 is 0. The van der Waals surface area contributed by atoms with Gasteiger partial charge in [-0.1, -0.05) is 19.3 Å². The molecule has 1 saturated carbocycles. The fourth-order valence-corrected chi connectivity index (χ4v) is 2.11. The maximum atomic E-state index is 11.3. The van der Waals surface area contributed by atoms with Crippen LogP contribution in [0.3, 0.4) is 0 Å². The van der Waals surface area contributed by atoms with Crippen LogP contribution in [0.1, 0.15) is 39.0 Å². The highest BCUT2D eigenvalue weighted by Crippen LogP contribution is 2.35. The molecule has 0 saturated heterocycles. The number of amides is 1. The molecule has 0 aliphatic heterocycles. The Hall–Kier alpha value is -1.10. The van der Waals surface area contributed by atoms with Crippen LogP contribution < -0.4 is 11.1 Å². The number of carbonyl (C=O) groups excluding carboxylic acids is 1. The van der Waals surface area contributed by atoms with E-state index in [0.29, 0.717) is 12.8 Å². The average Bonchev–Trinajstić information content (AvgIpc) is 2.26. The first-order chi connectivity index (χ1) is 7.48. The van der Waals surface area contributed by atoms with Crippen LogP contribution in [-0.4, -0.2) is 29.6 Å². The number of hydrogen-bond acceptors (Lipinski definition) is 3. The van der Waals surface area contributed by atoms with Gasteiger partial charge in [-0.2, -0.15) is 0 Å². The predicted octanol–water partition coefficient (Wildman–Crippen LogP) is 0.485. The lowest BCUT2D eigenvalue weighted by atomic mass is 9.74. The van der Waals surface area contributed by atoms with Gasteiger partial charge in [0.25, 0.3) is 0 Å². The first-order valence-electron chi connectivity index (χ1n) is 5.75. The zero-order chi connectivity index (χ0) is 12.2. The molecule has 0 bridgehead atoms. The summed E-state index contributed by atoms with van der Waals surface area (Å²) in [6, 6.07) is -0.588. The van der Waals surface area contributed by atoms with Crippen molar-refractivity contribution in [2.75, 3.05) is 6.54 Å². The Morgan fingerprint density at radius 2 is 1.94 bits per heavy atom. The third-order valence-electron chi connectivity index (χ3n) is 3.28. The molecule has 0 spiro atoms. The van der Waals surface area contributed by atoms with E-state index in [1.807, 2.05) is 0 Å². The number of aliphatic carboxylic acids is 1. The SMILES string of the molecule is CC(N)C(=O)NCC1(C(=O)O)CCCCC1. The normalized spacial score (nSPS) is 21.1. The molecule has 0 radical (unpaired) electrons. The van der Waals surface area contributed by atoms with E-state index < -0.39 is 17.4 Å². The van der Waals surface area contributed by atoms with Gasteiger partial charge in [-0.15, -0.1) is 0 Å². The van der Waals surface area contributed by atoms with Crippen LogP contribution >= 0.6 is 0 Å². The van der Waals surface area contributed by atoms with E-state index in [-0.39, 0.29) is 12.5 Å². The van der Waals surface area contributed by atoms with Gasteiger partial charge < -0.3 is 16.2 Å². The molecule has 92 valence electrons. The van der Waals surface area contributed by atoms with Gasteiger partial charge in [-0.25, -0.2) is 0 Å². The number of nitrogens with two attached hydrogens (primary N) is 1. The van der Waals surface area contributed by atoms with E-state index >= 15 is 0 Å². The standard InChI is InChI=1S/C11H20N2O3/c1-8(12)9(14)13-7-11(10(15)16)5-3-2-4-6-11/h8H,2-7,12H2,1H3,(H,13,14)(H,15,16). The van der Waals surface area contributed by atoms with Crippen molar-refractivity contribution in [2.24, 2.45) is 11.1 Å². The molecule has 0 aromatic heterocycles. The molecule has 1 atom stereocenters. The molecule has 1 fully saturated rings. The summed E-state index contributed by atoms with van der Waals surface area (Å²) < 4.78 is 0. The van der Waals surface area contributed by atoms with Crippen molar-refractivity contribution in [1.29, 1.82) is 0 Å². The summed E-state index contributed by atoms with van der Waals surface area (Å²) in [5.74, 6) is -1.09. The second-order valence-electron chi connectivity index (χ2n) is 4.65. The van der Waals surface area contributed by atoms with Crippen molar-refractivity contribution >= 4 is 11.9 Å². The summed E-state index contributed by atoms with van der Waals surface area (Å²) in [5, 5.41) is 11.9. The fourth-order valence-electron chi connectivity index (χ4n) is 2.11. The number of carboxylic acid groups (broad SMARTS) is 1. The van der Waals surface area contributed by atoms with Crippen LogP contribution in [0.2, 0.25) is 0 Å². The molecular weight excluding hydrogens is 208 g/mol. The van der Waals surface area contributed by atoms with E-state index in [1.54, 1.807) is 6.92 Å². The quantitative estimate of drug-likeness (QED) is 0.652. The first kappa shape index (κ1) is 13.0. The summed E-state index contributed by atoms with van der Waals surface area (Å²) in [6.07, 6.45) is 4.19. The Morgan fingerprint density at radius 1 is 1.38 bits per heavy atom. The highest BCUT2D eigenvalue weighted by atomic mass is 16.4. The molecule has 0 heterocycles. The Kier molecular flexibility index (Phi) is 4.29. The van der Waals surface area contributed by atoms with Gasteiger partial charge in [0.1, 0.15) is 0 Å². The lowest BCUT2D eigenvalue weighted by Gasteiger charge is -2.33. The molecule has 5 heteroatoms. The number of carboxylic acids is 1. The number of nitrogens with one attached hydrogen (secondary N) is 1. The van der Waals surface area contributed by atoms with Gasteiger partial charge in [-0.05, 0) is 19.8 Å². The molecule has 16 heavy (non-hydrogen) atoms. The van der Waals surface area contributed by atoms with Crippen LogP contribution in [0.5, 0.6) is 0 Å². The molecule has 1 aliphatic carbocycles. The Morgan fingerprint density at radius 3 is 2.38 bits per heavy atom. The monoisotopic (exact) mass is 228 g/mol. The van der Waals surface area contributed by atoms with Gasteiger partial charge in [0.2, 0.25) is 5.91 Å². The van der Waals surface area contributed by atoms with Crippen LogP contribution in [0, 0.1) is 5.41 Å². The van der Waals surface area contributed by atoms with Crippen molar-refractivity contribution in [1.82, 2.24) is 5.32 Å². The molecular formula is C11H20N2O3. The van der Waals surface area contributed by atoms with Crippen molar-refractivity contribution in [3.05, 3.63) is 0 Å². The second-order valence-corrected chi connectivity index (χ2v) is 4.65. The van der Waals surface area contributed by atoms with Crippen LogP contribution in [-0.2, 0) is 9.59 Å². The van der Waals surface area contributed by atoms with Gasteiger partial charge in [0.05, 0.1) is 11.5 Å². The van der Waals surface area contributed by atoms with Crippen LogP contribution in [0.4, 0.5) is 0 Å². The van der Waals surface area contributed by atoms with Gasteiger partial charge in [-0.3, -0.25) is 9.59 Å². The summed E-state index contributed by atoms with van der Waals surface area (Å²) in [7, 11) is 0. The van der Waals surface area contributed by atoms with Gasteiger partial charge in [0, 0.05) is 6.54 Å². The van der Waals surface area contributed by atoms with E-state index in [4.69, 9.17) is 5.73 Å². The van der Waals surface area contributed by atoms with Crippen molar-refractivity contribution < 1.29 is 14.7 Å². The van der Waals surface area contributed by atoms with Crippen molar-refractivity contribution in [2.45, 2.75) is 45.1 Å². The molecule has 5 nitrogen and oxygen atoms in total. The zero-order valence-corrected chi connectivity index (χ0v) is 9.66. The van der Waals surface area contributed by atoms with Crippen molar-refractivity contribution in [3.63, 3.8) is 0 Å². The Labute approximate surface area is 95.4 Å². The number of rotatable bonds is 4. The summed E-state index contributed by atoms with van der Waals surface area (Å²) in [5.41, 5.74) is 4.64. The highest BCUT2D eigenvalue weighted by molar-refractivity contribution is 5.82. The summed E-state index contributed by atoms with van der Waals surface area (Å²) in [6.45, 7) is 1.78. The first-order valence-corrected chi connectivity index (χ1v) is 5.75. The smallest absolute Gasteiger partial charge is 0.311 e. The minimum absolute atomic E-state index is 0.197. The maximum Gasteiger partial charge on any atom is 0.311 e. The predicted molar refractivity (Wildman–Crippen MR) is 59.8 cm³/mol. The minimum Gasteiger partial charge on any atom is -0.481 e. The number of carbonyl (C=O) groups is 2. The third kappa shape index (κ3) is 2.95. The van der Waals surface area contributed by atoms with Gasteiger partial charge >= 0.3 is 5.97 Å².